The summed E-state index contributed by atoms with van der Waals surface area (Å²) < 4.78 is 5.26. The van der Waals surface area contributed by atoms with Crippen molar-refractivity contribution in [2.45, 2.75) is 13.8 Å². The molecule has 0 saturated carbocycles. The molecule has 1 heterocycles. The van der Waals surface area contributed by atoms with Crippen LogP contribution in [0.5, 0.6) is 5.75 Å². The molecule has 0 unspecified atom stereocenters. The molecule has 1 aromatic heterocycles. The number of carboxylic acid groups (broad SMARTS) is 1. The van der Waals surface area contributed by atoms with Crippen LogP contribution in [0.1, 0.15) is 11.3 Å². The van der Waals surface area contributed by atoms with Gasteiger partial charge in [-0.1, -0.05) is 6.07 Å². The van der Waals surface area contributed by atoms with Crippen molar-refractivity contribution in [3.8, 4) is 5.75 Å². The molecule has 2 rings (SSSR count). The number of carbonyl (C=O) groups is 1. The second-order valence-electron chi connectivity index (χ2n) is 3.74. The van der Waals surface area contributed by atoms with Crippen LogP contribution in [0.4, 0.5) is 0 Å². The molecule has 16 heavy (non-hydrogen) atoms. The number of nitrogens with one attached hydrogen (secondary N) is 1. The lowest BCUT2D eigenvalue weighted by Gasteiger charge is -2.05. The molecule has 0 aliphatic rings. The van der Waals surface area contributed by atoms with Gasteiger partial charge < -0.3 is 14.8 Å². The summed E-state index contributed by atoms with van der Waals surface area (Å²) in [4.78, 5) is 13.7. The molecule has 2 N–H and O–H groups in total. The summed E-state index contributed by atoms with van der Waals surface area (Å²) in [5, 5.41) is 9.55. The Morgan fingerprint density at radius 3 is 2.88 bits per heavy atom. The number of aromatic nitrogens is 1. The number of hydrogen-bond acceptors (Lipinski definition) is 2. The number of ether oxygens (including phenoxy) is 1. The minimum atomic E-state index is -0.970. The lowest BCUT2D eigenvalue weighted by molar-refractivity contribution is -0.139. The van der Waals surface area contributed by atoms with Gasteiger partial charge in [-0.3, -0.25) is 0 Å². The first-order valence-electron chi connectivity index (χ1n) is 5.02. The van der Waals surface area contributed by atoms with Crippen molar-refractivity contribution >= 4 is 16.9 Å². The second-order valence-corrected chi connectivity index (χ2v) is 3.74. The van der Waals surface area contributed by atoms with Crippen LogP contribution in [0.25, 0.3) is 10.9 Å². The molecule has 84 valence electrons. The average Bonchev–Trinajstić information content (AvgIpc) is 2.52. The number of H-pyrrole nitrogens is 1. The van der Waals surface area contributed by atoms with Crippen LogP contribution in [0, 0.1) is 13.8 Å². The molecule has 2 aromatic rings. The third kappa shape index (κ3) is 1.74. The van der Waals surface area contributed by atoms with Gasteiger partial charge in [0.25, 0.3) is 0 Å². The van der Waals surface area contributed by atoms with Gasteiger partial charge in [0.1, 0.15) is 5.75 Å². The van der Waals surface area contributed by atoms with E-state index in [0.717, 1.165) is 22.2 Å². The van der Waals surface area contributed by atoms with Crippen LogP contribution < -0.4 is 4.74 Å². The number of carboxylic acids is 1. The molecule has 4 nitrogen and oxygen atoms in total. The lowest BCUT2D eigenvalue weighted by Crippen LogP contribution is -2.09. The van der Waals surface area contributed by atoms with Crippen LogP contribution in [0.3, 0.4) is 0 Å². The Bertz CT molecular complexity index is 542. The predicted octanol–water partition coefficient (Wildman–Crippen LogP) is 2.25. The first kappa shape index (κ1) is 10.5. The van der Waals surface area contributed by atoms with Crippen molar-refractivity contribution in [3.05, 3.63) is 29.5 Å². The fourth-order valence-corrected chi connectivity index (χ4v) is 1.77. The molecule has 0 radical (unpaired) electrons. The lowest BCUT2D eigenvalue weighted by atomic mass is 10.1. The standard InChI is InChI=1S/C12H13NO3/c1-7-8(2)13-9-4-3-5-10(12(7)9)16-6-11(14)15/h3-5,13H,6H2,1-2H3,(H,14,15). The number of aromatic amines is 1. The van der Waals surface area contributed by atoms with Gasteiger partial charge in [-0.2, -0.15) is 0 Å². The molecule has 0 fully saturated rings. The van der Waals surface area contributed by atoms with Gasteiger partial charge in [-0.15, -0.1) is 0 Å². The number of aliphatic carboxylic acids is 1. The largest absolute Gasteiger partial charge is 0.481 e. The molecular formula is C12H13NO3. The number of rotatable bonds is 3. The maximum atomic E-state index is 10.5. The summed E-state index contributed by atoms with van der Waals surface area (Å²) in [6.45, 7) is 3.65. The van der Waals surface area contributed by atoms with Crippen molar-refractivity contribution < 1.29 is 14.6 Å². The third-order valence-corrected chi connectivity index (χ3v) is 2.64. The van der Waals surface area contributed by atoms with Crippen LogP contribution in [0.2, 0.25) is 0 Å². The molecule has 0 bridgehead atoms. The molecule has 0 aliphatic carbocycles. The van der Waals surface area contributed by atoms with E-state index in [1.165, 1.54) is 0 Å². The van der Waals surface area contributed by atoms with Crippen molar-refractivity contribution in [3.63, 3.8) is 0 Å². The van der Waals surface area contributed by atoms with E-state index in [9.17, 15) is 4.79 Å². The van der Waals surface area contributed by atoms with Crippen molar-refractivity contribution in [2.75, 3.05) is 6.61 Å². The number of hydrogen-bond donors (Lipinski definition) is 2. The van der Waals surface area contributed by atoms with E-state index in [0.29, 0.717) is 5.75 Å². The molecule has 0 amide bonds. The summed E-state index contributed by atoms with van der Waals surface area (Å²) in [5.41, 5.74) is 3.13. The van der Waals surface area contributed by atoms with Gasteiger partial charge in [0.2, 0.25) is 0 Å². The van der Waals surface area contributed by atoms with Crippen LogP contribution >= 0.6 is 0 Å². The zero-order valence-electron chi connectivity index (χ0n) is 9.20. The van der Waals surface area contributed by atoms with Crippen LogP contribution in [-0.2, 0) is 4.79 Å². The Hall–Kier alpha value is -1.97. The zero-order chi connectivity index (χ0) is 11.7. The predicted molar refractivity (Wildman–Crippen MR) is 60.9 cm³/mol. The zero-order valence-corrected chi connectivity index (χ0v) is 9.20. The van der Waals surface area contributed by atoms with Gasteiger partial charge in [-0.25, -0.2) is 4.79 Å². The Kier molecular flexibility index (Phi) is 2.56. The molecule has 0 atom stereocenters. The number of fused-ring (bicyclic) bond motifs is 1. The molecule has 0 saturated heterocycles. The smallest absolute Gasteiger partial charge is 0.341 e. The van der Waals surface area contributed by atoms with E-state index in [4.69, 9.17) is 9.84 Å². The highest BCUT2D eigenvalue weighted by atomic mass is 16.5. The Balaban J connectivity index is 2.48. The molecular weight excluding hydrogens is 206 g/mol. The number of benzene rings is 1. The first-order chi connectivity index (χ1) is 7.59. The maximum Gasteiger partial charge on any atom is 0.341 e. The third-order valence-electron chi connectivity index (χ3n) is 2.64. The fraction of sp³-hybridized carbons (Fsp3) is 0.250. The van der Waals surface area contributed by atoms with Crippen LogP contribution in [0.15, 0.2) is 18.2 Å². The molecule has 0 spiro atoms. The topological polar surface area (TPSA) is 62.3 Å². The van der Waals surface area contributed by atoms with E-state index in [1.807, 2.05) is 26.0 Å². The first-order valence-corrected chi connectivity index (χ1v) is 5.02. The van der Waals surface area contributed by atoms with E-state index < -0.39 is 5.97 Å². The summed E-state index contributed by atoms with van der Waals surface area (Å²) >= 11 is 0. The highest BCUT2D eigenvalue weighted by Gasteiger charge is 2.10. The Morgan fingerprint density at radius 1 is 1.44 bits per heavy atom. The Labute approximate surface area is 92.9 Å². The average molecular weight is 219 g/mol. The SMILES string of the molecule is Cc1[nH]c2cccc(OCC(=O)O)c2c1C. The van der Waals surface area contributed by atoms with E-state index in [-0.39, 0.29) is 6.61 Å². The van der Waals surface area contributed by atoms with Gasteiger partial charge in [-0.05, 0) is 31.5 Å². The van der Waals surface area contributed by atoms with E-state index in [1.54, 1.807) is 6.07 Å². The highest BCUT2D eigenvalue weighted by molar-refractivity contribution is 5.90. The van der Waals surface area contributed by atoms with Gasteiger partial charge in [0.15, 0.2) is 6.61 Å². The van der Waals surface area contributed by atoms with Crippen molar-refractivity contribution in [2.24, 2.45) is 0 Å². The maximum absolute atomic E-state index is 10.5. The highest BCUT2D eigenvalue weighted by Crippen LogP contribution is 2.30. The van der Waals surface area contributed by atoms with E-state index in [2.05, 4.69) is 4.98 Å². The number of aryl methyl sites for hydroxylation is 2. The summed E-state index contributed by atoms with van der Waals surface area (Å²) in [5.74, 6) is -0.358. The molecule has 4 heteroatoms. The monoisotopic (exact) mass is 219 g/mol. The second kappa shape index (κ2) is 3.89. The fourth-order valence-electron chi connectivity index (χ4n) is 1.77. The molecule has 1 aromatic carbocycles. The molecule has 0 aliphatic heterocycles. The summed E-state index contributed by atoms with van der Waals surface area (Å²) in [7, 11) is 0. The van der Waals surface area contributed by atoms with E-state index >= 15 is 0 Å². The van der Waals surface area contributed by atoms with Gasteiger partial charge in [0.05, 0.1) is 0 Å². The normalized spacial score (nSPS) is 10.6. The van der Waals surface area contributed by atoms with Crippen LogP contribution in [-0.4, -0.2) is 22.7 Å². The summed E-state index contributed by atoms with van der Waals surface area (Å²) in [6, 6.07) is 5.57. The quantitative estimate of drug-likeness (QED) is 0.832. The van der Waals surface area contributed by atoms with Gasteiger partial charge in [0, 0.05) is 16.6 Å². The Morgan fingerprint density at radius 2 is 2.19 bits per heavy atom. The summed E-state index contributed by atoms with van der Waals surface area (Å²) in [6.07, 6.45) is 0. The minimum absolute atomic E-state index is 0.317. The minimum Gasteiger partial charge on any atom is -0.481 e. The van der Waals surface area contributed by atoms with Gasteiger partial charge >= 0.3 is 5.97 Å². The van der Waals surface area contributed by atoms with Crippen molar-refractivity contribution in [1.82, 2.24) is 4.98 Å². The van der Waals surface area contributed by atoms with Crippen molar-refractivity contribution in [1.29, 1.82) is 0 Å².